The molecule has 4 rings (SSSR count). The molecule has 7 nitrogen and oxygen atoms in total. The number of aromatic nitrogens is 3. The normalized spacial score (nSPS) is 14.5. The first kappa shape index (κ1) is 22.5. The summed E-state index contributed by atoms with van der Waals surface area (Å²) in [7, 11) is 0. The molecule has 1 aromatic carbocycles. The molecular formula is C23H22F3N5O2. The Kier molecular flexibility index (Phi) is 6.71. The second-order valence-electron chi connectivity index (χ2n) is 7.65. The van der Waals surface area contributed by atoms with E-state index in [-0.39, 0.29) is 5.75 Å². The first-order chi connectivity index (χ1) is 15.9. The van der Waals surface area contributed by atoms with Gasteiger partial charge in [-0.25, -0.2) is 15.0 Å². The number of hydrogen-bond acceptors (Lipinski definition) is 6. The van der Waals surface area contributed by atoms with Gasteiger partial charge in [-0.05, 0) is 43.2 Å². The van der Waals surface area contributed by atoms with Crippen LogP contribution in [0.3, 0.4) is 0 Å². The van der Waals surface area contributed by atoms with Crippen LogP contribution in [0.15, 0.2) is 55.2 Å². The molecule has 0 unspecified atom stereocenters. The van der Waals surface area contributed by atoms with Gasteiger partial charge in [-0.1, -0.05) is 12.8 Å². The number of amides is 1. The molecule has 3 aromatic rings. The molecule has 1 fully saturated rings. The molecule has 1 N–H and O–H groups in total. The fraction of sp³-hybridized carbons (Fsp3) is 0.304. The number of ether oxygens (including phenoxy) is 1. The number of pyridine rings is 1. The molecule has 0 radical (unpaired) electrons. The zero-order chi connectivity index (χ0) is 23.3. The Morgan fingerprint density at radius 2 is 1.64 bits per heavy atom. The minimum absolute atomic E-state index is 0.308. The lowest BCUT2D eigenvalue weighted by Crippen LogP contribution is -2.26. The molecule has 2 aromatic heterocycles. The molecule has 1 saturated heterocycles. The van der Waals surface area contributed by atoms with Crippen LogP contribution in [-0.4, -0.2) is 40.3 Å². The average molecular weight is 457 g/mol. The molecule has 1 amide bonds. The zero-order valence-corrected chi connectivity index (χ0v) is 17.7. The summed E-state index contributed by atoms with van der Waals surface area (Å²) in [6.07, 6.45) is 6.00. The third-order valence-electron chi connectivity index (χ3n) is 5.25. The van der Waals surface area contributed by atoms with Gasteiger partial charge < -0.3 is 15.0 Å². The van der Waals surface area contributed by atoms with Gasteiger partial charge in [0.15, 0.2) is 0 Å². The second-order valence-corrected chi connectivity index (χ2v) is 7.65. The lowest BCUT2D eigenvalue weighted by Gasteiger charge is -2.24. The number of halogens is 3. The largest absolute Gasteiger partial charge is 0.573 e. The Hall–Kier alpha value is -3.69. The monoisotopic (exact) mass is 457 g/mol. The summed E-state index contributed by atoms with van der Waals surface area (Å²) in [5, 5.41) is 2.68. The van der Waals surface area contributed by atoms with Crippen LogP contribution in [0.2, 0.25) is 0 Å². The number of carbonyl (C=O) groups is 1. The van der Waals surface area contributed by atoms with Gasteiger partial charge in [0.05, 0.1) is 5.56 Å². The number of alkyl halides is 3. The fourth-order valence-electron chi connectivity index (χ4n) is 3.71. The summed E-state index contributed by atoms with van der Waals surface area (Å²) in [6.45, 7) is 1.76. The molecule has 3 heterocycles. The van der Waals surface area contributed by atoms with Crippen molar-refractivity contribution in [3.63, 3.8) is 0 Å². The van der Waals surface area contributed by atoms with Crippen LogP contribution >= 0.6 is 0 Å². The predicted molar refractivity (Wildman–Crippen MR) is 117 cm³/mol. The number of hydrogen-bond donors (Lipinski definition) is 1. The van der Waals surface area contributed by atoms with E-state index in [1.54, 1.807) is 18.5 Å². The number of nitrogens with zero attached hydrogens (tertiary/aromatic N) is 4. The van der Waals surface area contributed by atoms with Gasteiger partial charge in [-0.3, -0.25) is 4.79 Å². The Balaban J connectivity index is 1.58. The Morgan fingerprint density at radius 1 is 0.970 bits per heavy atom. The minimum Gasteiger partial charge on any atom is -0.406 e. The molecule has 10 heteroatoms. The third-order valence-corrected chi connectivity index (χ3v) is 5.25. The van der Waals surface area contributed by atoms with Gasteiger partial charge in [0.25, 0.3) is 5.91 Å². The van der Waals surface area contributed by atoms with Gasteiger partial charge in [0.1, 0.15) is 17.9 Å². The highest BCUT2D eigenvalue weighted by molar-refractivity contribution is 6.05. The molecule has 0 aliphatic carbocycles. The summed E-state index contributed by atoms with van der Waals surface area (Å²) in [6, 6.07) is 6.68. The maximum Gasteiger partial charge on any atom is 0.573 e. The van der Waals surface area contributed by atoms with Crippen molar-refractivity contribution in [1.82, 2.24) is 15.0 Å². The summed E-state index contributed by atoms with van der Waals surface area (Å²) in [4.78, 5) is 27.9. The second kappa shape index (κ2) is 9.85. The Bertz CT molecular complexity index is 1080. The molecule has 0 spiro atoms. The van der Waals surface area contributed by atoms with Crippen LogP contribution < -0.4 is 15.0 Å². The molecule has 0 saturated carbocycles. The predicted octanol–water partition coefficient (Wildman–Crippen LogP) is 5.07. The van der Waals surface area contributed by atoms with E-state index in [1.165, 1.54) is 37.5 Å². The van der Waals surface area contributed by atoms with Crippen molar-refractivity contribution in [2.24, 2.45) is 0 Å². The van der Waals surface area contributed by atoms with Crippen LogP contribution in [0.5, 0.6) is 5.75 Å². The Morgan fingerprint density at radius 3 is 2.27 bits per heavy atom. The summed E-state index contributed by atoms with van der Waals surface area (Å²) in [5.74, 6) is -0.0280. The number of carbonyl (C=O) groups excluding carboxylic acids is 1. The molecule has 172 valence electrons. The van der Waals surface area contributed by atoms with Gasteiger partial charge in [-0.2, -0.15) is 0 Å². The SMILES string of the molecule is O=C(Nc1ccc(OC(F)(F)F)cc1)c1cnc(N2CCCCCC2)c(-c2cncnc2)c1. The quantitative estimate of drug-likeness (QED) is 0.576. The first-order valence-corrected chi connectivity index (χ1v) is 10.6. The number of anilines is 2. The lowest BCUT2D eigenvalue weighted by molar-refractivity contribution is -0.274. The highest BCUT2D eigenvalue weighted by Crippen LogP contribution is 2.31. The number of nitrogens with one attached hydrogen (secondary N) is 1. The molecule has 1 aliphatic rings. The van der Waals surface area contributed by atoms with Crippen molar-refractivity contribution in [2.75, 3.05) is 23.3 Å². The third kappa shape index (κ3) is 5.97. The standard InChI is InChI=1S/C23H22F3N5O2/c24-23(25,26)33-19-7-5-18(6-8-19)30-22(32)16-11-20(17-12-27-15-28-13-17)21(29-14-16)31-9-3-1-2-4-10-31/h5-8,11-15H,1-4,9-10H2,(H,30,32). The molecule has 33 heavy (non-hydrogen) atoms. The van der Waals surface area contributed by atoms with E-state index in [0.717, 1.165) is 55.0 Å². The zero-order valence-electron chi connectivity index (χ0n) is 17.7. The van der Waals surface area contributed by atoms with E-state index < -0.39 is 12.3 Å². The fourth-order valence-corrected chi connectivity index (χ4v) is 3.71. The summed E-state index contributed by atoms with van der Waals surface area (Å²) in [5.41, 5.74) is 2.13. The van der Waals surface area contributed by atoms with Gasteiger partial charge >= 0.3 is 6.36 Å². The molecule has 0 atom stereocenters. The van der Waals surface area contributed by atoms with Gasteiger partial charge in [0, 0.05) is 48.5 Å². The van der Waals surface area contributed by atoms with Crippen molar-refractivity contribution < 1.29 is 22.7 Å². The van der Waals surface area contributed by atoms with Crippen LogP contribution in [-0.2, 0) is 0 Å². The first-order valence-electron chi connectivity index (χ1n) is 10.6. The lowest BCUT2D eigenvalue weighted by atomic mass is 10.1. The van der Waals surface area contributed by atoms with E-state index in [1.807, 2.05) is 0 Å². The maximum absolute atomic E-state index is 12.8. The van der Waals surface area contributed by atoms with Gasteiger partial charge in [-0.15, -0.1) is 13.2 Å². The van der Waals surface area contributed by atoms with Crippen molar-refractivity contribution in [1.29, 1.82) is 0 Å². The van der Waals surface area contributed by atoms with Crippen molar-refractivity contribution >= 4 is 17.4 Å². The van der Waals surface area contributed by atoms with Crippen LogP contribution in [0.4, 0.5) is 24.7 Å². The smallest absolute Gasteiger partial charge is 0.406 e. The van der Waals surface area contributed by atoms with Crippen LogP contribution in [0.25, 0.3) is 11.1 Å². The number of benzene rings is 1. The molecule has 1 aliphatic heterocycles. The average Bonchev–Trinajstić information content (AvgIpc) is 3.09. The summed E-state index contributed by atoms with van der Waals surface area (Å²) < 4.78 is 40.8. The van der Waals surface area contributed by atoms with Crippen LogP contribution in [0, 0.1) is 0 Å². The van der Waals surface area contributed by atoms with E-state index in [9.17, 15) is 18.0 Å². The van der Waals surface area contributed by atoms with E-state index in [2.05, 4.69) is 29.9 Å². The topological polar surface area (TPSA) is 80.2 Å². The van der Waals surface area contributed by atoms with E-state index in [4.69, 9.17) is 0 Å². The molecule has 0 bridgehead atoms. The Labute approximate surface area is 188 Å². The highest BCUT2D eigenvalue weighted by Gasteiger charge is 2.31. The van der Waals surface area contributed by atoms with Crippen molar-refractivity contribution in [3.8, 4) is 16.9 Å². The van der Waals surface area contributed by atoms with Crippen LogP contribution in [0.1, 0.15) is 36.0 Å². The summed E-state index contributed by atoms with van der Waals surface area (Å²) >= 11 is 0. The van der Waals surface area contributed by atoms with Crippen molar-refractivity contribution in [3.05, 3.63) is 60.8 Å². The van der Waals surface area contributed by atoms with Crippen molar-refractivity contribution in [2.45, 2.75) is 32.0 Å². The number of rotatable bonds is 5. The highest BCUT2D eigenvalue weighted by atomic mass is 19.4. The van der Waals surface area contributed by atoms with Gasteiger partial charge in [0.2, 0.25) is 0 Å². The minimum atomic E-state index is -4.77. The van der Waals surface area contributed by atoms with E-state index >= 15 is 0 Å². The maximum atomic E-state index is 12.8. The van der Waals surface area contributed by atoms with E-state index in [0.29, 0.717) is 11.3 Å². The molecular weight excluding hydrogens is 435 g/mol.